The van der Waals surface area contributed by atoms with Gasteiger partial charge in [-0.1, -0.05) is 6.07 Å². The van der Waals surface area contributed by atoms with Gasteiger partial charge < -0.3 is 15.4 Å². The lowest BCUT2D eigenvalue weighted by Gasteiger charge is -2.36. The van der Waals surface area contributed by atoms with Gasteiger partial charge in [-0.3, -0.25) is 9.59 Å². The van der Waals surface area contributed by atoms with Gasteiger partial charge in [-0.05, 0) is 37.8 Å². The maximum atomic E-state index is 12.8. The minimum absolute atomic E-state index is 0.0689. The van der Waals surface area contributed by atoms with E-state index in [1.807, 2.05) is 0 Å². The fourth-order valence-corrected chi connectivity index (χ4v) is 5.47. The SMILES string of the molecule is NC(=O)C1CCN(C(=O)C2CCN(S(=O)(=O)c3cccc(OC(F)(F)F)c3)CC2)CC1. The number of carbonyl (C=O) groups excluding carboxylic acids is 2. The molecule has 8 nitrogen and oxygen atoms in total. The Balaban J connectivity index is 1.59. The van der Waals surface area contributed by atoms with E-state index >= 15 is 0 Å². The third kappa shape index (κ3) is 5.67. The predicted octanol–water partition coefficient (Wildman–Crippen LogP) is 1.71. The molecule has 0 aliphatic carbocycles. The van der Waals surface area contributed by atoms with Crippen molar-refractivity contribution in [2.45, 2.75) is 36.9 Å². The summed E-state index contributed by atoms with van der Waals surface area (Å²) in [5, 5.41) is 0. The highest BCUT2D eigenvalue weighted by atomic mass is 32.2. The lowest BCUT2D eigenvalue weighted by molar-refractivity contribution is -0.274. The highest BCUT2D eigenvalue weighted by molar-refractivity contribution is 7.89. The quantitative estimate of drug-likeness (QED) is 0.715. The Kier molecular flexibility index (Phi) is 6.79. The number of nitrogens with zero attached hydrogens (tertiary/aromatic N) is 2. The van der Waals surface area contributed by atoms with E-state index in [9.17, 15) is 31.2 Å². The highest BCUT2D eigenvalue weighted by Crippen LogP contribution is 2.29. The Morgan fingerprint density at radius 1 is 1.00 bits per heavy atom. The van der Waals surface area contributed by atoms with Gasteiger partial charge in [0.1, 0.15) is 5.75 Å². The number of rotatable bonds is 5. The van der Waals surface area contributed by atoms with Crippen molar-refractivity contribution >= 4 is 21.8 Å². The first-order valence-corrected chi connectivity index (χ1v) is 11.4. The minimum Gasteiger partial charge on any atom is -0.406 e. The molecule has 1 aromatic carbocycles. The van der Waals surface area contributed by atoms with Crippen LogP contribution in [0.5, 0.6) is 5.75 Å². The second-order valence-corrected chi connectivity index (χ2v) is 9.64. The van der Waals surface area contributed by atoms with Crippen LogP contribution in [0.4, 0.5) is 13.2 Å². The van der Waals surface area contributed by atoms with Gasteiger partial charge in [0.05, 0.1) is 4.90 Å². The summed E-state index contributed by atoms with van der Waals surface area (Å²) in [6, 6.07) is 4.25. The fraction of sp³-hybridized carbons (Fsp3) is 0.579. The Hall–Kier alpha value is -2.34. The number of nitrogens with two attached hydrogens (primary N) is 1. The number of halogens is 3. The Bertz CT molecular complexity index is 922. The molecule has 1 aromatic rings. The van der Waals surface area contributed by atoms with E-state index in [4.69, 9.17) is 5.73 Å². The lowest BCUT2D eigenvalue weighted by atomic mass is 9.92. The van der Waals surface area contributed by atoms with Gasteiger partial charge in [-0.15, -0.1) is 13.2 Å². The van der Waals surface area contributed by atoms with Crippen LogP contribution in [0.25, 0.3) is 0 Å². The fourth-order valence-electron chi connectivity index (χ4n) is 3.97. The maximum Gasteiger partial charge on any atom is 0.573 e. The van der Waals surface area contributed by atoms with Crippen LogP contribution < -0.4 is 10.5 Å². The molecule has 0 aromatic heterocycles. The largest absolute Gasteiger partial charge is 0.573 e. The summed E-state index contributed by atoms with van der Waals surface area (Å²) in [5.74, 6) is -1.61. The van der Waals surface area contributed by atoms with Gasteiger partial charge in [0.15, 0.2) is 0 Å². The number of carbonyl (C=O) groups is 2. The van der Waals surface area contributed by atoms with E-state index in [-0.39, 0.29) is 41.6 Å². The van der Waals surface area contributed by atoms with Crippen LogP contribution in [0.3, 0.4) is 0 Å². The molecule has 12 heteroatoms. The van der Waals surface area contributed by atoms with E-state index in [1.54, 1.807) is 4.90 Å². The van der Waals surface area contributed by atoms with Crippen LogP contribution in [0.1, 0.15) is 25.7 Å². The monoisotopic (exact) mass is 463 g/mol. The molecule has 2 heterocycles. The number of hydrogen-bond acceptors (Lipinski definition) is 5. The summed E-state index contributed by atoms with van der Waals surface area (Å²) in [6.07, 6.45) is -3.26. The molecule has 0 bridgehead atoms. The van der Waals surface area contributed by atoms with E-state index in [2.05, 4.69) is 4.74 Å². The van der Waals surface area contributed by atoms with Crippen LogP contribution in [0, 0.1) is 11.8 Å². The number of hydrogen-bond donors (Lipinski definition) is 1. The van der Waals surface area contributed by atoms with Gasteiger partial charge in [0.2, 0.25) is 21.8 Å². The van der Waals surface area contributed by atoms with Crippen molar-refractivity contribution in [3.05, 3.63) is 24.3 Å². The van der Waals surface area contributed by atoms with Crippen LogP contribution in [-0.4, -0.2) is 62.0 Å². The van der Waals surface area contributed by atoms with E-state index < -0.39 is 22.1 Å². The molecule has 2 N–H and O–H groups in total. The molecule has 0 radical (unpaired) electrons. The average Bonchev–Trinajstić information content (AvgIpc) is 2.72. The molecule has 31 heavy (non-hydrogen) atoms. The summed E-state index contributed by atoms with van der Waals surface area (Å²) < 4.78 is 67.9. The van der Waals surface area contributed by atoms with Crippen LogP contribution in [0.15, 0.2) is 29.2 Å². The van der Waals surface area contributed by atoms with Crippen molar-refractivity contribution in [3.8, 4) is 5.75 Å². The number of benzene rings is 1. The van der Waals surface area contributed by atoms with E-state index in [0.29, 0.717) is 38.8 Å². The smallest absolute Gasteiger partial charge is 0.406 e. The molecule has 0 saturated carbocycles. The number of likely N-dealkylation sites (tertiary alicyclic amines) is 1. The van der Waals surface area contributed by atoms with Crippen molar-refractivity contribution < 1.29 is 35.9 Å². The van der Waals surface area contributed by atoms with Crippen molar-refractivity contribution in [1.29, 1.82) is 0 Å². The summed E-state index contributed by atoms with van der Waals surface area (Å²) in [7, 11) is -4.02. The Labute approximate surface area is 178 Å². The van der Waals surface area contributed by atoms with E-state index in [1.165, 1.54) is 16.4 Å². The van der Waals surface area contributed by atoms with Crippen LogP contribution >= 0.6 is 0 Å². The zero-order chi connectivity index (χ0) is 22.8. The molecule has 0 unspecified atom stereocenters. The van der Waals surface area contributed by atoms with Crippen molar-refractivity contribution in [2.24, 2.45) is 17.6 Å². The molecule has 2 amide bonds. The molecule has 2 saturated heterocycles. The molecule has 172 valence electrons. The van der Waals surface area contributed by atoms with Crippen LogP contribution in [0.2, 0.25) is 0 Å². The molecule has 0 atom stereocenters. The normalized spacial score (nSPS) is 19.9. The summed E-state index contributed by atoms with van der Waals surface area (Å²) in [4.78, 5) is 25.4. The number of sulfonamides is 1. The van der Waals surface area contributed by atoms with E-state index in [0.717, 1.165) is 12.1 Å². The molecular weight excluding hydrogens is 439 g/mol. The van der Waals surface area contributed by atoms with Gasteiger partial charge in [-0.25, -0.2) is 8.42 Å². The van der Waals surface area contributed by atoms with Gasteiger partial charge in [0.25, 0.3) is 0 Å². The first kappa shape index (κ1) is 23.3. The third-order valence-electron chi connectivity index (χ3n) is 5.69. The second-order valence-electron chi connectivity index (χ2n) is 7.70. The molecule has 2 fully saturated rings. The zero-order valence-electron chi connectivity index (χ0n) is 16.7. The number of piperidine rings is 2. The van der Waals surface area contributed by atoms with Crippen LogP contribution in [-0.2, 0) is 19.6 Å². The summed E-state index contributed by atoms with van der Waals surface area (Å²) in [5.41, 5.74) is 5.31. The van der Waals surface area contributed by atoms with Gasteiger partial charge >= 0.3 is 6.36 Å². The molecule has 2 aliphatic rings. The predicted molar refractivity (Wildman–Crippen MR) is 103 cm³/mol. The van der Waals surface area contributed by atoms with Crippen molar-refractivity contribution in [2.75, 3.05) is 26.2 Å². The Morgan fingerprint density at radius 3 is 2.13 bits per heavy atom. The molecule has 0 spiro atoms. The summed E-state index contributed by atoms with van der Waals surface area (Å²) >= 11 is 0. The topological polar surface area (TPSA) is 110 Å². The van der Waals surface area contributed by atoms with Crippen molar-refractivity contribution in [3.63, 3.8) is 0 Å². The number of amides is 2. The van der Waals surface area contributed by atoms with Crippen molar-refractivity contribution in [1.82, 2.24) is 9.21 Å². The van der Waals surface area contributed by atoms with Gasteiger partial charge in [0, 0.05) is 44.1 Å². The lowest BCUT2D eigenvalue weighted by Crippen LogP contribution is -2.47. The number of primary amides is 1. The first-order valence-electron chi connectivity index (χ1n) is 9.91. The molecule has 3 rings (SSSR count). The standard InChI is InChI=1S/C19H24F3N3O5S/c20-19(21,22)30-15-2-1-3-16(12-15)31(28,29)25-10-6-14(7-11-25)18(27)24-8-4-13(5-9-24)17(23)26/h1-3,12-14H,4-11H2,(H2,23,26). The Morgan fingerprint density at radius 2 is 1.58 bits per heavy atom. The highest BCUT2D eigenvalue weighted by Gasteiger charge is 2.36. The zero-order valence-corrected chi connectivity index (χ0v) is 17.5. The summed E-state index contributed by atoms with van der Waals surface area (Å²) in [6.45, 7) is 1.05. The minimum atomic E-state index is -4.92. The third-order valence-corrected chi connectivity index (χ3v) is 7.58. The molecule has 2 aliphatic heterocycles. The number of alkyl halides is 3. The first-order chi connectivity index (χ1) is 14.5. The van der Waals surface area contributed by atoms with Gasteiger partial charge in [-0.2, -0.15) is 4.31 Å². The maximum absolute atomic E-state index is 12.8. The number of ether oxygens (including phenoxy) is 1. The molecular formula is C19H24F3N3O5S. The average molecular weight is 463 g/mol. The second kappa shape index (κ2) is 9.03.